The van der Waals surface area contributed by atoms with Crippen LogP contribution >= 0.6 is 0 Å². The summed E-state index contributed by atoms with van der Waals surface area (Å²) in [6, 6.07) is 6.58. The van der Waals surface area contributed by atoms with Crippen LogP contribution < -0.4 is 10.2 Å². The number of anilines is 1. The molecule has 0 unspecified atom stereocenters. The van der Waals surface area contributed by atoms with Crippen molar-refractivity contribution in [3.63, 3.8) is 0 Å². The van der Waals surface area contributed by atoms with Crippen LogP contribution in [-0.4, -0.2) is 40.4 Å². The molecule has 4 nitrogen and oxygen atoms in total. The lowest BCUT2D eigenvalue weighted by molar-refractivity contribution is 0.180. The normalized spacial score (nSPS) is 16.0. The highest BCUT2D eigenvalue weighted by molar-refractivity contribution is 5.51. The molecule has 1 aromatic carbocycles. The molecule has 1 N–H and O–H groups in total. The Morgan fingerprint density at radius 1 is 1.00 bits per heavy atom. The molecule has 0 atom stereocenters. The number of piperazine rings is 1. The summed E-state index contributed by atoms with van der Waals surface area (Å²) in [5.74, 6) is 0. The third kappa shape index (κ3) is 3.45. The fourth-order valence-corrected chi connectivity index (χ4v) is 2.35. The molecule has 1 saturated heterocycles. The van der Waals surface area contributed by atoms with E-state index in [0.29, 0.717) is 13.2 Å². The number of ether oxygens (including phenoxy) is 2. The van der Waals surface area contributed by atoms with Gasteiger partial charge in [0.05, 0.1) is 13.2 Å². The van der Waals surface area contributed by atoms with Crippen LogP contribution in [0.4, 0.5) is 5.69 Å². The van der Waals surface area contributed by atoms with Gasteiger partial charge in [-0.1, -0.05) is 6.07 Å². The first kappa shape index (κ1) is 13.3. The third-order valence-corrected chi connectivity index (χ3v) is 3.14. The summed E-state index contributed by atoms with van der Waals surface area (Å²) in [6.07, 6.45) is 0. The molecule has 1 aromatic rings. The van der Waals surface area contributed by atoms with E-state index in [4.69, 9.17) is 9.47 Å². The lowest BCUT2D eigenvalue weighted by Crippen LogP contribution is -2.43. The zero-order valence-corrected chi connectivity index (χ0v) is 11.2. The van der Waals surface area contributed by atoms with Crippen molar-refractivity contribution in [3.05, 3.63) is 29.3 Å². The maximum Gasteiger partial charge on any atom is 0.0713 e. The molecule has 0 aromatic heterocycles. The van der Waals surface area contributed by atoms with E-state index < -0.39 is 0 Å². The number of nitrogens with zero attached hydrogens (tertiary/aromatic N) is 1. The molecular formula is C14H22N2O2. The lowest BCUT2D eigenvalue weighted by atomic mass is 10.1. The fraction of sp³-hybridized carbons (Fsp3) is 0.571. The molecule has 4 heteroatoms. The molecule has 100 valence electrons. The quantitative estimate of drug-likeness (QED) is 0.856. The van der Waals surface area contributed by atoms with E-state index in [0.717, 1.165) is 26.2 Å². The van der Waals surface area contributed by atoms with Gasteiger partial charge in [-0.2, -0.15) is 0 Å². The number of nitrogens with one attached hydrogen (secondary N) is 1. The molecule has 0 saturated carbocycles. The van der Waals surface area contributed by atoms with Gasteiger partial charge in [-0.15, -0.1) is 0 Å². The summed E-state index contributed by atoms with van der Waals surface area (Å²) < 4.78 is 10.5. The van der Waals surface area contributed by atoms with Crippen LogP contribution in [-0.2, 0) is 22.7 Å². The number of rotatable bonds is 5. The largest absolute Gasteiger partial charge is 0.380 e. The second kappa shape index (κ2) is 6.73. The van der Waals surface area contributed by atoms with Crippen LogP contribution in [0.1, 0.15) is 11.1 Å². The Hall–Kier alpha value is -1.10. The van der Waals surface area contributed by atoms with Crippen molar-refractivity contribution in [3.8, 4) is 0 Å². The smallest absolute Gasteiger partial charge is 0.0713 e. The minimum absolute atomic E-state index is 0.649. The molecule has 0 spiro atoms. The fourth-order valence-electron chi connectivity index (χ4n) is 2.35. The Balaban J connectivity index is 2.20. The minimum Gasteiger partial charge on any atom is -0.380 e. The number of benzene rings is 1. The van der Waals surface area contributed by atoms with Crippen LogP contribution in [0.5, 0.6) is 0 Å². The molecule has 1 fully saturated rings. The van der Waals surface area contributed by atoms with Crippen molar-refractivity contribution in [2.45, 2.75) is 13.2 Å². The standard InChI is InChI=1S/C14H22N2O2/c1-17-10-12-7-13(11-18-2)9-14(8-12)16-5-3-15-4-6-16/h7-9,15H,3-6,10-11H2,1-2H3. The monoisotopic (exact) mass is 250 g/mol. The molecular weight excluding hydrogens is 228 g/mol. The molecule has 0 radical (unpaired) electrons. The molecule has 1 heterocycles. The van der Waals surface area contributed by atoms with Gasteiger partial charge in [0.25, 0.3) is 0 Å². The average molecular weight is 250 g/mol. The van der Waals surface area contributed by atoms with Crippen LogP contribution in [0, 0.1) is 0 Å². The van der Waals surface area contributed by atoms with Crippen molar-refractivity contribution in [1.82, 2.24) is 5.32 Å². The second-order valence-electron chi connectivity index (χ2n) is 4.61. The number of hydrogen-bond acceptors (Lipinski definition) is 4. The van der Waals surface area contributed by atoms with Crippen LogP contribution in [0.25, 0.3) is 0 Å². The van der Waals surface area contributed by atoms with E-state index in [9.17, 15) is 0 Å². The van der Waals surface area contributed by atoms with E-state index in [1.807, 2.05) is 0 Å². The summed E-state index contributed by atoms with van der Waals surface area (Å²) in [5, 5.41) is 3.37. The van der Waals surface area contributed by atoms with E-state index in [-0.39, 0.29) is 0 Å². The predicted octanol–water partition coefficient (Wildman–Crippen LogP) is 1.39. The van der Waals surface area contributed by atoms with Gasteiger partial charge < -0.3 is 19.7 Å². The van der Waals surface area contributed by atoms with Crippen molar-refractivity contribution in [2.24, 2.45) is 0 Å². The molecule has 0 amide bonds. The van der Waals surface area contributed by atoms with Crippen LogP contribution in [0.15, 0.2) is 18.2 Å². The van der Waals surface area contributed by atoms with Gasteiger partial charge in [-0.3, -0.25) is 0 Å². The summed E-state index contributed by atoms with van der Waals surface area (Å²) in [7, 11) is 3.46. The molecule has 1 aliphatic heterocycles. The maximum absolute atomic E-state index is 5.23. The van der Waals surface area contributed by atoms with E-state index in [1.165, 1.54) is 16.8 Å². The summed E-state index contributed by atoms with van der Waals surface area (Å²) in [4.78, 5) is 2.41. The first-order chi connectivity index (χ1) is 8.83. The van der Waals surface area contributed by atoms with Crippen molar-refractivity contribution >= 4 is 5.69 Å². The molecule has 1 aliphatic rings. The Morgan fingerprint density at radius 3 is 2.06 bits per heavy atom. The average Bonchev–Trinajstić information content (AvgIpc) is 2.40. The van der Waals surface area contributed by atoms with Crippen LogP contribution in [0.2, 0.25) is 0 Å². The van der Waals surface area contributed by atoms with Gasteiger partial charge in [-0.25, -0.2) is 0 Å². The third-order valence-electron chi connectivity index (χ3n) is 3.14. The maximum atomic E-state index is 5.23. The SMILES string of the molecule is COCc1cc(COC)cc(N2CCNCC2)c1. The Morgan fingerprint density at radius 2 is 1.56 bits per heavy atom. The summed E-state index contributed by atoms with van der Waals surface area (Å²) in [6.45, 7) is 5.52. The summed E-state index contributed by atoms with van der Waals surface area (Å²) >= 11 is 0. The van der Waals surface area contributed by atoms with Crippen molar-refractivity contribution < 1.29 is 9.47 Å². The lowest BCUT2D eigenvalue weighted by Gasteiger charge is -2.30. The van der Waals surface area contributed by atoms with Gasteiger partial charge in [0.2, 0.25) is 0 Å². The Kier molecular flexibility index (Phi) is 4.99. The van der Waals surface area contributed by atoms with Crippen LogP contribution in [0.3, 0.4) is 0 Å². The molecule has 0 aliphatic carbocycles. The van der Waals surface area contributed by atoms with E-state index >= 15 is 0 Å². The second-order valence-corrected chi connectivity index (χ2v) is 4.61. The minimum atomic E-state index is 0.649. The van der Waals surface area contributed by atoms with E-state index in [1.54, 1.807) is 14.2 Å². The zero-order valence-electron chi connectivity index (χ0n) is 11.2. The topological polar surface area (TPSA) is 33.7 Å². The van der Waals surface area contributed by atoms with Crippen molar-refractivity contribution in [1.29, 1.82) is 0 Å². The number of hydrogen-bond donors (Lipinski definition) is 1. The van der Waals surface area contributed by atoms with Gasteiger partial charge in [0.1, 0.15) is 0 Å². The number of methoxy groups -OCH3 is 2. The van der Waals surface area contributed by atoms with Gasteiger partial charge >= 0.3 is 0 Å². The highest BCUT2D eigenvalue weighted by Gasteiger charge is 2.12. The van der Waals surface area contributed by atoms with E-state index in [2.05, 4.69) is 28.4 Å². The van der Waals surface area contributed by atoms with Crippen molar-refractivity contribution in [2.75, 3.05) is 45.3 Å². The van der Waals surface area contributed by atoms with Gasteiger partial charge in [0, 0.05) is 46.1 Å². The highest BCUT2D eigenvalue weighted by atomic mass is 16.5. The predicted molar refractivity (Wildman–Crippen MR) is 73.0 cm³/mol. The first-order valence-corrected chi connectivity index (χ1v) is 6.40. The van der Waals surface area contributed by atoms with Gasteiger partial charge in [0.15, 0.2) is 0 Å². The summed E-state index contributed by atoms with van der Waals surface area (Å²) in [5.41, 5.74) is 3.69. The first-order valence-electron chi connectivity index (χ1n) is 6.40. The molecule has 2 rings (SSSR count). The highest BCUT2D eigenvalue weighted by Crippen LogP contribution is 2.21. The van der Waals surface area contributed by atoms with Gasteiger partial charge in [-0.05, 0) is 23.3 Å². The Labute approximate surface area is 109 Å². The molecule has 0 bridgehead atoms. The zero-order chi connectivity index (χ0) is 12.8. The Bertz CT molecular complexity index is 352. The molecule has 18 heavy (non-hydrogen) atoms.